The zero-order chi connectivity index (χ0) is 22.3. The molecule has 0 aliphatic heterocycles. The van der Waals surface area contributed by atoms with Crippen molar-refractivity contribution in [3.8, 4) is 17.2 Å². The molecule has 2 N–H and O–H groups in total. The molecule has 166 valence electrons. The number of aromatic nitrogens is 1. The number of aliphatic hydroxyl groups is 1. The van der Waals surface area contributed by atoms with Gasteiger partial charge in [0.15, 0.2) is 11.5 Å². The van der Waals surface area contributed by atoms with Crippen LogP contribution in [-0.2, 0) is 4.79 Å². The normalized spacial score (nSPS) is 11.9. The number of benzene rings is 3. The molecule has 4 rings (SSSR count). The third-order valence-electron chi connectivity index (χ3n) is 5.22. The van der Waals surface area contributed by atoms with Crippen LogP contribution < -0.4 is 14.2 Å². The number of ether oxygens (including phenoxy) is 3. The summed E-state index contributed by atoms with van der Waals surface area (Å²) in [6, 6.07) is 21.1. The number of fused-ring (bicyclic) bond motifs is 3. The summed E-state index contributed by atoms with van der Waals surface area (Å²) in [4.78, 5) is 16.3. The van der Waals surface area contributed by atoms with Crippen LogP contribution in [-0.4, -0.2) is 60.9 Å². The molecule has 0 bridgehead atoms. The SMILES string of the molecule is COc1ccccc1OCCN(C=O)CC(O)COc1cccc2[nH]c3ccccc3c12. The number of hydrogen-bond donors (Lipinski definition) is 2. The van der Waals surface area contributed by atoms with Gasteiger partial charge in [-0.05, 0) is 30.3 Å². The summed E-state index contributed by atoms with van der Waals surface area (Å²) in [6.45, 7) is 0.816. The van der Waals surface area contributed by atoms with Crippen molar-refractivity contribution in [2.24, 2.45) is 0 Å². The quantitative estimate of drug-likeness (QED) is 0.353. The molecule has 1 unspecified atom stereocenters. The minimum absolute atomic E-state index is 0.0658. The number of carbonyl (C=O) groups is 1. The number of rotatable bonds is 11. The number of hydrogen-bond acceptors (Lipinski definition) is 5. The van der Waals surface area contributed by atoms with Crippen LogP contribution in [0.4, 0.5) is 0 Å². The molecule has 1 atom stereocenters. The lowest BCUT2D eigenvalue weighted by Gasteiger charge is -2.21. The van der Waals surface area contributed by atoms with Crippen LogP contribution in [0.25, 0.3) is 21.8 Å². The van der Waals surface area contributed by atoms with E-state index in [0.29, 0.717) is 30.2 Å². The maximum absolute atomic E-state index is 11.5. The zero-order valence-corrected chi connectivity index (χ0v) is 17.9. The van der Waals surface area contributed by atoms with Gasteiger partial charge in [-0.2, -0.15) is 0 Å². The summed E-state index contributed by atoms with van der Waals surface area (Å²) in [6.07, 6.45) is -0.137. The van der Waals surface area contributed by atoms with Crippen LogP contribution in [0.3, 0.4) is 0 Å². The fourth-order valence-corrected chi connectivity index (χ4v) is 3.70. The summed E-state index contributed by atoms with van der Waals surface area (Å²) in [7, 11) is 1.58. The molecule has 3 aromatic carbocycles. The number of aromatic amines is 1. The molecule has 1 amide bonds. The highest BCUT2D eigenvalue weighted by molar-refractivity contribution is 6.10. The number of carbonyl (C=O) groups excluding carboxylic acids is 1. The first-order chi connectivity index (χ1) is 15.7. The third kappa shape index (κ3) is 4.78. The predicted octanol–water partition coefficient (Wildman–Crippen LogP) is 3.61. The summed E-state index contributed by atoms with van der Waals surface area (Å²) in [5, 5.41) is 12.5. The number of aliphatic hydroxyl groups excluding tert-OH is 1. The molecule has 0 spiro atoms. The highest BCUT2D eigenvalue weighted by Gasteiger charge is 2.14. The van der Waals surface area contributed by atoms with Crippen molar-refractivity contribution < 1.29 is 24.1 Å². The first-order valence-corrected chi connectivity index (χ1v) is 10.4. The van der Waals surface area contributed by atoms with Gasteiger partial charge in [-0.25, -0.2) is 0 Å². The first kappa shape index (κ1) is 21.5. The smallest absolute Gasteiger partial charge is 0.209 e. The average Bonchev–Trinajstić information content (AvgIpc) is 3.21. The molecular formula is C25H26N2O5. The van der Waals surface area contributed by atoms with Crippen LogP contribution in [0.1, 0.15) is 0 Å². The molecule has 7 nitrogen and oxygen atoms in total. The predicted molar refractivity (Wildman–Crippen MR) is 123 cm³/mol. The highest BCUT2D eigenvalue weighted by Crippen LogP contribution is 2.33. The van der Waals surface area contributed by atoms with Crippen LogP contribution in [0.2, 0.25) is 0 Å². The van der Waals surface area contributed by atoms with E-state index in [0.717, 1.165) is 21.8 Å². The van der Waals surface area contributed by atoms with E-state index in [1.54, 1.807) is 13.2 Å². The Bertz CT molecular complexity index is 1190. The van der Waals surface area contributed by atoms with E-state index in [1.807, 2.05) is 60.7 Å². The second-order valence-corrected chi connectivity index (χ2v) is 7.41. The fraction of sp³-hybridized carbons (Fsp3) is 0.240. The number of methoxy groups -OCH3 is 1. The Balaban J connectivity index is 1.33. The molecular weight excluding hydrogens is 408 g/mol. The number of H-pyrrole nitrogens is 1. The van der Waals surface area contributed by atoms with Crippen LogP contribution >= 0.6 is 0 Å². The van der Waals surface area contributed by atoms with E-state index in [2.05, 4.69) is 4.98 Å². The van der Waals surface area contributed by atoms with E-state index in [1.165, 1.54) is 4.90 Å². The molecule has 4 aromatic rings. The molecule has 1 heterocycles. The third-order valence-corrected chi connectivity index (χ3v) is 5.22. The van der Waals surface area contributed by atoms with E-state index in [-0.39, 0.29) is 19.8 Å². The minimum Gasteiger partial charge on any atom is -0.493 e. The number of nitrogens with zero attached hydrogens (tertiary/aromatic N) is 1. The molecule has 1 aromatic heterocycles. The van der Waals surface area contributed by atoms with Crippen molar-refractivity contribution in [1.82, 2.24) is 9.88 Å². The summed E-state index contributed by atoms with van der Waals surface area (Å²) in [5.41, 5.74) is 2.00. The lowest BCUT2D eigenvalue weighted by atomic mass is 10.1. The maximum Gasteiger partial charge on any atom is 0.209 e. The Morgan fingerprint density at radius 3 is 2.47 bits per heavy atom. The highest BCUT2D eigenvalue weighted by atomic mass is 16.5. The second kappa shape index (κ2) is 10.1. The monoisotopic (exact) mass is 434 g/mol. The lowest BCUT2D eigenvalue weighted by molar-refractivity contribution is -0.120. The Labute approximate surface area is 186 Å². The minimum atomic E-state index is -0.841. The van der Waals surface area contributed by atoms with E-state index < -0.39 is 6.10 Å². The Morgan fingerprint density at radius 2 is 1.66 bits per heavy atom. The van der Waals surface area contributed by atoms with Gasteiger partial charge in [-0.1, -0.05) is 36.4 Å². The largest absolute Gasteiger partial charge is 0.493 e. The molecule has 0 aliphatic rings. The molecule has 0 saturated heterocycles. The molecule has 32 heavy (non-hydrogen) atoms. The van der Waals surface area contributed by atoms with Gasteiger partial charge in [0.1, 0.15) is 25.1 Å². The van der Waals surface area contributed by atoms with Gasteiger partial charge in [0, 0.05) is 22.8 Å². The average molecular weight is 434 g/mol. The van der Waals surface area contributed by atoms with Gasteiger partial charge in [-0.3, -0.25) is 4.79 Å². The Kier molecular flexibility index (Phi) is 6.77. The van der Waals surface area contributed by atoms with Crippen molar-refractivity contribution in [3.63, 3.8) is 0 Å². The van der Waals surface area contributed by atoms with Gasteiger partial charge in [0.05, 0.1) is 19.2 Å². The number of nitrogens with one attached hydrogen (secondary N) is 1. The Hall–Kier alpha value is -3.71. The summed E-state index contributed by atoms with van der Waals surface area (Å²) in [5.74, 6) is 1.93. The van der Waals surface area contributed by atoms with Gasteiger partial charge in [0.25, 0.3) is 0 Å². The lowest BCUT2D eigenvalue weighted by Crippen LogP contribution is -2.37. The molecule has 7 heteroatoms. The Morgan fingerprint density at radius 1 is 0.938 bits per heavy atom. The van der Waals surface area contributed by atoms with Crippen LogP contribution in [0, 0.1) is 0 Å². The van der Waals surface area contributed by atoms with E-state index in [4.69, 9.17) is 14.2 Å². The molecule has 0 fully saturated rings. The van der Waals surface area contributed by atoms with Gasteiger partial charge in [0.2, 0.25) is 6.41 Å². The molecule has 0 saturated carbocycles. The second-order valence-electron chi connectivity index (χ2n) is 7.41. The van der Waals surface area contributed by atoms with Crippen molar-refractivity contribution in [2.45, 2.75) is 6.10 Å². The number of para-hydroxylation sites is 3. The summed E-state index contributed by atoms with van der Waals surface area (Å²) < 4.78 is 16.9. The maximum atomic E-state index is 11.5. The number of amides is 1. The van der Waals surface area contributed by atoms with Crippen molar-refractivity contribution in [3.05, 3.63) is 66.7 Å². The van der Waals surface area contributed by atoms with E-state index >= 15 is 0 Å². The topological polar surface area (TPSA) is 84.0 Å². The first-order valence-electron chi connectivity index (χ1n) is 10.4. The fourth-order valence-electron chi connectivity index (χ4n) is 3.70. The van der Waals surface area contributed by atoms with Crippen LogP contribution in [0.5, 0.6) is 17.2 Å². The summed E-state index contributed by atoms with van der Waals surface area (Å²) >= 11 is 0. The van der Waals surface area contributed by atoms with Gasteiger partial charge in [-0.15, -0.1) is 0 Å². The zero-order valence-electron chi connectivity index (χ0n) is 17.9. The standard InChI is InChI=1S/C25H26N2O5/c1-30-22-10-4-5-11-23(22)31-14-13-27(17-28)15-18(29)16-32-24-12-6-9-21-25(24)19-7-2-3-8-20(19)26-21/h2-12,17-18,26,29H,13-16H2,1H3. The van der Waals surface area contributed by atoms with Crippen molar-refractivity contribution in [2.75, 3.05) is 33.4 Å². The van der Waals surface area contributed by atoms with Crippen LogP contribution in [0.15, 0.2) is 66.7 Å². The van der Waals surface area contributed by atoms with E-state index in [9.17, 15) is 9.90 Å². The molecule has 0 aliphatic carbocycles. The van der Waals surface area contributed by atoms with Crippen molar-refractivity contribution >= 4 is 28.2 Å². The van der Waals surface area contributed by atoms with Gasteiger partial charge >= 0.3 is 0 Å². The van der Waals surface area contributed by atoms with Crippen molar-refractivity contribution in [1.29, 1.82) is 0 Å². The molecule has 0 radical (unpaired) electrons. The van der Waals surface area contributed by atoms with Gasteiger partial charge < -0.3 is 29.2 Å².